The summed E-state index contributed by atoms with van der Waals surface area (Å²) < 4.78 is 63.9. The Labute approximate surface area is 368 Å². The van der Waals surface area contributed by atoms with Gasteiger partial charge in [0.1, 0.15) is 42.0 Å². The van der Waals surface area contributed by atoms with Crippen LogP contribution in [0.15, 0.2) is 47.1 Å². The summed E-state index contributed by atoms with van der Waals surface area (Å²) in [4.78, 5) is 14.4. The molecule has 5 saturated heterocycles. The number of ether oxygens (including phenoxy) is 10. The first-order valence-corrected chi connectivity index (χ1v) is 23.2. The van der Waals surface area contributed by atoms with Crippen molar-refractivity contribution in [2.24, 2.45) is 23.7 Å². The summed E-state index contributed by atoms with van der Waals surface area (Å²) in [6.07, 6.45) is 6.53. The van der Waals surface area contributed by atoms with Gasteiger partial charge in [0.05, 0.1) is 49.3 Å². The van der Waals surface area contributed by atoms with Crippen LogP contribution in [0, 0.1) is 23.7 Å². The van der Waals surface area contributed by atoms with Gasteiger partial charge in [-0.3, -0.25) is 4.79 Å². The highest BCUT2D eigenvalue weighted by Gasteiger charge is 2.60. The fourth-order valence-corrected chi connectivity index (χ4v) is 11.0. The fourth-order valence-electron chi connectivity index (χ4n) is 11.0. The molecule has 6 heterocycles. The molecule has 0 saturated carbocycles. The Hall–Kier alpha value is -2.05. The van der Waals surface area contributed by atoms with Crippen molar-refractivity contribution in [1.29, 1.82) is 0 Å². The molecule has 7 rings (SSSR count). The summed E-state index contributed by atoms with van der Waals surface area (Å²) in [5.74, 6) is -2.10. The zero-order chi connectivity index (χ0) is 44.7. The van der Waals surface area contributed by atoms with E-state index in [1.165, 1.54) is 0 Å². The number of carbonyl (C=O) groups excluding carboxylic acids is 1. The van der Waals surface area contributed by atoms with E-state index in [2.05, 4.69) is 40.7 Å². The molecule has 6 aliphatic heterocycles. The number of rotatable bonds is 8. The molecule has 14 heteroatoms. The van der Waals surface area contributed by atoms with Crippen molar-refractivity contribution in [1.82, 2.24) is 0 Å². The molecule has 14 nitrogen and oxygen atoms in total. The molecule has 0 aromatic carbocycles. The van der Waals surface area contributed by atoms with Gasteiger partial charge in [-0.1, -0.05) is 64.5 Å². The Morgan fingerprint density at radius 2 is 1.63 bits per heavy atom. The second-order valence-electron chi connectivity index (χ2n) is 19.4. The lowest BCUT2D eigenvalue weighted by atomic mass is 9.71. The second-order valence-corrected chi connectivity index (χ2v) is 19.4. The van der Waals surface area contributed by atoms with Crippen molar-refractivity contribution in [2.45, 2.75) is 204 Å². The van der Waals surface area contributed by atoms with E-state index in [1.54, 1.807) is 40.2 Å². The van der Waals surface area contributed by atoms with Gasteiger partial charge in [-0.05, 0) is 69.1 Å². The Morgan fingerprint density at radius 3 is 2.35 bits per heavy atom. The molecule has 1 spiro atoms. The minimum atomic E-state index is -1.82. The summed E-state index contributed by atoms with van der Waals surface area (Å²) in [6, 6.07) is 0. The van der Waals surface area contributed by atoms with Crippen LogP contribution < -0.4 is 0 Å². The van der Waals surface area contributed by atoms with Crippen LogP contribution in [0.4, 0.5) is 0 Å². The van der Waals surface area contributed by atoms with E-state index < -0.39 is 90.8 Å². The van der Waals surface area contributed by atoms with Crippen molar-refractivity contribution >= 4 is 5.97 Å². The smallest absolute Gasteiger partial charge is 0.316 e. The predicted octanol–water partition coefficient (Wildman–Crippen LogP) is 5.60. The van der Waals surface area contributed by atoms with Crippen LogP contribution in [-0.2, 0) is 52.2 Å². The first-order chi connectivity index (χ1) is 29.5. The molecule has 5 fully saturated rings. The van der Waals surface area contributed by atoms with Gasteiger partial charge < -0.3 is 62.7 Å². The lowest BCUT2D eigenvalue weighted by Gasteiger charge is -2.51. The standard InChI is InChI=1S/C48H74O14/c1-11-25(2)43-28(5)17-18-47(62-43)23-34-20-33(61-47)16-15-27(4)42(26(3)13-12-14-32-24-55-45-40(49)29(6)19-35(46(51)58-34)48(32,45)52)59-39-22-37(54-10)44(31(8)57-39)60-38-21-36(53-9)41(50)30(7)56-38/h12-15,19,25-26,28,30-31,33-45,49-50,52H,11,16-18,20-24H2,1-10H3/b13-12+,27-15+,32-14+/t25-,26+,28+,30+,31+,33-,34+,35+,36+,37+,38+,39+,40-,41+,42+,43-,44+,45-,47-,48-/m1/s1. The highest BCUT2D eigenvalue weighted by Crippen LogP contribution is 2.48. The molecule has 350 valence electrons. The Bertz CT molecular complexity index is 1680. The molecule has 0 aromatic heterocycles. The molecular formula is C48H74O14. The molecule has 62 heavy (non-hydrogen) atoms. The molecule has 0 unspecified atom stereocenters. The molecule has 0 radical (unpaired) electrons. The third kappa shape index (κ3) is 9.73. The van der Waals surface area contributed by atoms with Crippen molar-refractivity contribution < 1.29 is 67.5 Å². The van der Waals surface area contributed by atoms with Crippen LogP contribution in [-0.4, -0.2) is 139 Å². The van der Waals surface area contributed by atoms with E-state index in [1.807, 2.05) is 19.1 Å². The molecule has 0 amide bonds. The van der Waals surface area contributed by atoms with Crippen molar-refractivity contribution in [3.63, 3.8) is 0 Å². The maximum Gasteiger partial charge on any atom is 0.316 e. The number of hydrogen-bond donors (Lipinski definition) is 3. The van der Waals surface area contributed by atoms with E-state index in [9.17, 15) is 20.1 Å². The average molecular weight is 875 g/mol. The van der Waals surface area contributed by atoms with E-state index in [4.69, 9.17) is 47.4 Å². The molecule has 3 N–H and O–H groups in total. The normalized spacial score (nSPS) is 49.4. The summed E-state index contributed by atoms with van der Waals surface area (Å²) in [6.45, 7) is 16.3. The number of carbonyl (C=O) groups is 1. The highest BCUT2D eigenvalue weighted by atomic mass is 16.7. The molecule has 20 atom stereocenters. The van der Waals surface area contributed by atoms with E-state index in [0.717, 1.165) is 18.4 Å². The average Bonchev–Trinajstić information content (AvgIpc) is 3.58. The number of methoxy groups -OCH3 is 2. The number of esters is 1. The maximum atomic E-state index is 14.4. The lowest BCUT2D eigenvalue weighted by Crippen LogP contribution is -2.58. The van der Waals surface area contributed by atoms with Crippen molar-refractivity contribution in [3.05, 3.63) is 47.1 Å². The number of hydrogen-bond acceptors (Lipinski definition) is 14. The highest BCUT2D eigenvalue weighted by molar-refractivity contribution is 5.78. The van der Waals surface area contributed by atoms with Gasteiger partial charge in [0.15, 0.2) is 18.4 Å². The zero-order valence-electron chi connectivity index (χ0n) is 38.5. The minimum Gasteiger partial charge on any atom is -0.462 e. The topological polar surface area (TPSA) is 170 Å². The van der Waals surface area contributed by atoms with Crippen molar-refractivity contribution in [3.8, 4) is 0 Å². The van der Waals surface area contributed by atoms with Crippen LogP contribution in [0.2, 0.25) is 0 Å². The van der Waals surface area contributed by atoms with Crippen LogP contribution >= 0.6 is 0 Å². The van der Waals surface area contributed by atoms with Gasteiger partial charge >= 0.3 is 5.97 Å². The minimum absolute atomic E-state index is 0.00708. The first kappa shape index (κ1) is 47.9. The molecule has 0 aromatic rings. The predicted molar refractivity (Wildman–Crippen MR) is 227 cm³/mol. The van der Waals surface area contributed by atoms with Gasteiger partial charge in [0.25, 0.3) is 0 Å². The quantitative estimate of drug-likeness (QED) is 0.204. The van der Waals surface area contributed by atoms with E-state index in [0.29, 0.717) is 61.5 Å². The maximum absolute atomic E-state index is 14.4. The van der Waals surface area contributed by atoms with E-state index in [-0.39, 0.29) is 30.8 Å². The number of aliphatic hydroxyl groups is 3. The molecular weight excluding hydrogens is 801 g/mol. The van der Waals surface area contributed by atoms with Crippen LogP contribution in [0.3, 0.4) is 0 Å². The molecule has 7 aliphatic rings. The summed E-state index contributed by atoms with van der Waals surface area (Å²) in [7, 11) is 3.23. The van der Waals surface area contributed by atoms with Crippen LogP contribution in [0.5, 0.6) is 0 Å². The van der Waals surface area contributed by atoms with Gasteiger partial charge in [0.2, 0.25) is 0 Å². The van der Waals surface area contributed by atoms with Gasteiger partial charge in [-0.15, -0.1) is 0 Å². The monoisotopic (exact) mass is 875 g/mol. The third-order valence-corrected chi connectivity index (χ3v) is 14.9. The van der Waals surface area contributed by atoms with Crippen LogP contribution in [0.25, 0.3) is 0 Å². The van der Waals surface area contributed by atoms with Gasteiger partial charge in [0, 0.05) is 52.2 Å². The van der Waals surface area contributed by atoms with Crippen LogP contribution in [0.1, 0.15) is 107 Å². The summed E-state index contributed by atoms with van der Waals surface area (Å²) >= 11 is 0. The number of allylic oxidation sites excluding steroid dienone is 2. The lowest BCUT2D eigenvalue weighted by molar-refractivity contribution is -0.340. The number of fused-ring (bicyclic) bond motifs is 2. The second kappa shape index (κ2) is 19.8. The zero-order valence-corrected chi connectivity index (χ0v) is 38.5. The Balaban J connectivity index is 1.18. The summed E-state index contributed by atoms with van der Waals surface area (Å²) in [5, 5.41) is 34.2. The van der Waals surface area contributed by atoms with Gasteiger partial charge in [-0.2, -0.15) is 0 Å². The first-order valence-electron chi connectivity index (χ1n) is 23.2. The molecule has 1 aliphatic carbocycles. The largest absolute Gasteiger partial charge is 0.462 e. The third-order valence-electron chi connectivity index (χ3n) is 14.9. The fraction of sp³-hybridized carbons (Fsp3) is 0.812. The Morgan fingerprint density at radius 1 is 0.919 bits per heavy atom. The SMILES string of the molecule is CC[C@@H](C)[C@H]1O[C@]2(CC[C@@H]1C)C[C@@H]1C[C@@H](C/C=C(\C)[C@@H](O[C@H]3C[C@H](OC)[C@@H](O[C@H]4C[C@H](OC)[C@@H](O)[C@H](C)O4)[C@H](C)O3)[C@@H](C)/C=C/C=C3\CO[C@@H]4[C@H](O)C(C)=C[C@@H](C(=O)O1)[C@]34O)O2. The summed E-state index contributed by atoms with van der Waals surface area (Å²) in [5.41, 5.74) is 0.188. The van der Waals surface area contributed by atoms with E-state index >= 15 is 0 Å². The number of aliphatic hydroxyl groups excluding tert-OH is 2. The molecule has 2 bridgehead atoms. The Kier molecular flexibility index (Phi) is 15.3. The van der Waals surface area contributed by atoms with Crippen molar-refractivity contribution in [2.75, 3.05) is 20.8 Å². The van der Waals surface area contributed by atoms with Gasteiger partial charge in [-0.25, -0.2) is 0 Å².